The van der Waals surface area contributed by atoms with Crippen molar-refractivity contribution in [2.45, 2.75) is 0 Å². The van der Waals surface area contributed by atoms with E-state index in [1.807, 2.05) is 30.3 Å². The van der Waals surface area contributed by atoms with Crippen molar-refractivity contribution in [3.05, 3.63) is 60.4 Å². The lowest BCUT2D eigenvalue weighted by Crippen LogP contribution is -2.20. The van der Waals surface area contributed by atoms with Gasteiger partial charge in [0.15, 0.2) is 23.3 Å². The van der Waals surface area contributed by atoms with Gasteiger partial charge in [-0.05, 0) is 12.1 Å². The lowest BCUT2D eigenvalue weighted by Gasteiger charge is -2.08. The molecule has 1 aromatic heterocycles. The number of halogens is 1. The van der Waals surface area contributed by atoms with Gasteiger partial charge in [-0.2, -0.15) is 0 Å². The minimum Gasteiger partial charge on any atom is -0.481 e. The molecule has 2 amide bonds. The Morgan fingerprint density at radius 2 is 1.79 bits per heavy atom. The maximum absolute atomic E-state index is 13.6. The first-order valence-corrected chi connectivity index (χ1v) is 8.97. The monoisotopic (exact) mass is 401 g/mol. The summed E-state index contributed by atoms with van der Waals surface area (Å²) >= 11 is 1.07. The van der Waals surface area contributed by atoms with E-state index in [2.05, 4.69) is 20.4 Å². The molecule has 28 heavy (non-hydrogen) atoms. The number of carbonyl (C=O) groups is 2. The van der Waals surface area contributed by atoms with E-state index in [9.17, 15) is 14.0 Å². The van der Waals surface area contributed by atoms with Crippen LogP contribution in [0.1, 0.15) is 0 Å². The van der Waals surface area contributed by atoms with Crippen LogP contribution < -0.4 is 15.4 Å². The molecule has 0 bridgehead atoms. The standard InChI is InChI=1S/C19H16FN3O4S/c1-26-19(25)23-18-22-16(12-7-3-2-4-8-12)17(28-18)21-15(24)11-27-14-10-6-5-9-13(14)20/h2-10H,11H2,1H3,(H,21,24)(H,22,23,25). The number of rotatable bonds is 6. The van der Waals surface area contributed by atoms with E-state index in [0.29, 0.717) is 10.7 Å². The largest absolute Gasteiger partial charge is 0.481 e. The van der Waals surface area contributed by atoms with E-state index in [1.54, 1.807) is 6.07 Å². The summed E-state index contributed by atoms with van der Waals surface area (Å²) in [6.45, 7) is -0.382. The molecule has 2 aromatic carbocycles. The first-order valence-electron chi connectivity index (χ1n) is 8.15. The molecular formula is C19H16FN3O4S. The SMILES string of the molecule is COC(=O)Nc1nc(-c2ccccc2)c(NC(=O)COc2ccccc2F)s1. The van der Waals surface area contributed by atoms with E-state index in [-0.39, 0.29) is 17.5 Å². The van der Waals surface area contributed by atoms with Gasteiger partial charge in [-0.1, -0.05) is 53.8 Å². The lowest BCUT2D eigenvalue weighted by molar-refractivity contribution is -0.118. The number of thiazole rings is 1. The third-order valence-corrected chi connectivity index (χ3v) is 4.40. The zero-order chi connectivity index (χ0) is 19.9. The van der Waals surface area contributed by atoms with Gasteiger partial charge in [0, 0.05) is 5.56 Å². The molecule has 0 unspecified atom stereocenters. The van der Waals surface area contributed by atoms with Crippen LogP contribution in [0.5, 0.6) is 5.75 Å². The van der Waals surface area contributed by atoms with Crippen molar-refractivity contribution < 1.29 is 23.5 Å². The number of hydrogen-bond acceptors (Lipinski definition) is 6. The number of para-hydroxylation sites is 1. The number of anilines is 2. The fourth-order valence-electron chi connectivity index (χ4n) is 2.26. The quantitative estimate of drug-likeness (QED) is 0.648. The van der Waals surface area contributed by atoms with Crippen LogP contribution in [0, 0.1) is 5.82 Å². The second-order valence-corrected chi connectivity index (χ2v) is 6.45. The molecule has 3 aromatic rings. The van der Waals surface area contributed by atoms with E-state index in [0.717, 1.165) is 16.9 Å². The first kappa shape index (κ1) is 19.3. The predicted octanol–water partition coefficient (Wildman–Crippen LogP) is 4.15. The first-order chi connectivity index (χ1) is 13.6. The minimum atomic E-state index is -0.672. The average Bonchev–Trinajstić information content (AvgIpc) is 3.09. The highest BCUT2D eigenvalue weighted by molar-refractivity contribution is 7.20. The van der Waals surface area contributed by atoms with Crippen LogP contribution in [0.15, 0.2) is 54.6 Å². The molecule has 0 radical (unpaired) electrons. The summed E-state index contributed by atoms with van der Waals surface area (Å²) in [5, 5.41) is 5.84. The van der Waals surface area contributed by atoms with E-state index in [1.165, 1.54) is 25.3 Å². The second-order valence-electron chi connectivity index (χ2n) is 5.45. The predicted molar refractivity (Wildman–Crippen MR) is 104 cm³/mol. The molecule has 0 fully saturated rings. The van der Waals surface area contributed by atoms with Gasteiger partial charge in [0.1, 0.15) is 10.7 Å². The summed E-state index contributed by atoms with van der Waals surface area (Å²) in [5.41, 5.74) is 1.23. The van der Waals surface area contributed by atoms with Gasteiger partial charge >= 0.3 is 6.09 Å². The number of amides is 2. The maximum Gasteiger partial charge on any atom is 0.413 e. The molecular weight excluding hydrogens is 385 g/mol. The summed E-state index contributed by atoms with van der Waals surface area (Å²) in [7, 11) is 1.24. The second kappa shape index (κ2) is 8.96. The van der Waals surface area contributed by atoms with Crippen molar-refractivity contribution in [3.63, 3.8) is 0 Å². The van der Waals surface area contributed by atoms with E-state index in [4.69, 9.17) is 4.74 Å². The molecule has 7 nitrogen and oxygen atoms in total. The van der Waals surface area contributed by atoms with Crippen molar-refractivity contribution in [3.8, 4) is 17.0 Å². The van der Waals surface area contributed by atoms with Crippen molar-refractivity contribution >= 4 is 33.5 Å². The summed E-state index contributed by atoms with van der Waals surface area (Å²) in [5.74, 6) is -1.06. The molecule has 0 spiro atoms. The van der Waals surface area contributed by atoms with Crippen LogP contribution in [0.3, 0.4) is 0 Å². The van der Waals surface area contributed by atoms with Crippen LogP contribution in [0.2, 0.25) is 0 Å². The van der Waals surface area contributed by atoms with Crippen LogP contribution in [-0.4, -0.2) is 30.7 Å². The van der Waals surface area contributed by atoms with Gasteiger partial charge in [-0.3, -0.25) is 10.1 Å². The van der Waals surface area contributed by atoms with Gasteiger partial charge in [0.25, 0.3) is 5.91 Å². The number of carbonyl (C=O) groups excluding carboxylic acids is 2. The molecule has 0 saturated carbocycles. The zero-order valence-corrected chi connectivity index (χ0v) is 15.6. The number of ether oxygens (including phenoxy) is 2. The fraction of sp³-hybridized carbons (Fsp3) is 0.105. The van der Waals surface area contributed by atoms with Crippen LogP contribution >= 0.6 is 11.3 Å². The van der Waals surface area contributed by atoms with Gasteiger partial charge in [-0.25, -0.2) is 14.2 Å². The summed E-state index contributed by atoms with van der Waals surface area (Å²) in [6, 6.07) is 15.0. The Hall–Kier alpha value is -3.46. The molecule has 0 atom stereocenters. The van der Waals surface area contributed by atoms with Gasteiger partial charge < -0.3 is 14.8 Å². The Labute approximate surface area is 164 Å². The number of methoxy groups -OCH3 is 1. The molecule has 0 aliphatic rings. The Morgan fingerprint density at radius 3 is 2.50 bits per heavy atom. The van der Waals surface area contributed by atoms with Crippen LogP contribution in [0.25, 0.3) is 11.3 Å². The molecule has 0 aliphatic heterocycles. The Balaban J connectivity index is 1.76. The smallest absolute Gasteiger partial charge is 0.413 e. The average molecular weight is 401 g/mol. The normalized spacial score (nSPS) is 10.2. The van der Waals surface area contributed by atoms with E-state index >= 15 is 0 Å². The maximum atomic E-state index is 13.6. The van der Waals surface area contributed by atoms with Crippen LogP contribution in [0.4, 0.5) is 19.3 Å². The van der Waals surface area contributed by atoms with Crippen molar-refractivity contribution in [2.75, 3.05) is 24.4 Å². The molecule has 2 N–H and O–H groups in total. The summed E-state index contributed by atoms with van der Waals surface area (Å²) in [6.07, 6.45) is -0.672. The Kier molecular flexibility index (Phi) is 6.18. The third kappa shape index (κ3) is 4.83. The minimum absolute atomic E-state index is 0.0155. The Bertz CT molecular complexity index is 978. The Morgan fingerprint density at radius 1 is 1.07 bits per heavy atom. The van der Waals surface area contributed by atoms with Crippen molar-refractivity contribution in [1.82, 2.24) is 4.98 Å². The molecule has 1 heterocycles. The number of hydrogen-bond donors (Lipinski definition) is 2. The fourth-order valence-corrected chi connectivity index (χ4v) is 3.15. The summed E-state index contributed by atoms with van der Waals surface area (Å²) < 4.78 is 23.4. The van der Waals surface area contributed by atoms with E-state index < -0.39 is 17.8 Å². The highest BCUT2D eigenvalue weighted by atomic mass is 32.1. The highest BCUT2D eigenvalue weighted by Gasteiger charge is 2.17. The zero-order valence-electron chi connectivity index (χ0n) is 14.8. The number of aromatic nitrogens is 1. The summed E-state index contributed by atoms with van der Waals surface area (Å²) in [4.78, 5) is 28.1. The van der Waals surface area contributed by atoms with Gasteiger partial charge in [0.05, 0.1) is 7.11 Å². The topological polar surface area (TPSA) is 89.5 Å². The molecule has 144 valence electrons. The lowest BCUT2D eigenvalue weighted by atomic mass is 10.2. The number of benzene rings is 2. The highest BCUT2D eigenvalue weighted by Crippen LogP contribution is 2.35. The van der Waals surface area contributed by atoms with Crippen molar-refractivity contribution in [1.29, 1.82) is 0 Å². The third-order valence-electron chi connectivity index (χ3n) is 3.52. The number of nitrogens with one attached hydrogen (secondary N) is 2. The van der Waals surface area contributed by atoms with Crippen molar-refractivity contribution in [2.24, 2.45) is 0 Å². The molecule has 0 saturated heterocycles. The molecule has 3 rings (SSSR count). The van der Waals surface area contributed by atoms with Crippen LogP contribution in [-0.2, 0) is 9.53 Å². The molecule has 9 heteroatoms. The number of nitrogens with zero attached hydrogens (tertiary/aromatic N) is 1. The molecule has 0 aliphatic carbocycles. The van der Waals surface area contributed by atoms with Gasteiger partial charge in [-0.15, -0.1) is 0 Å². The van der Waals surface area contributed by atoms with Gasteiger partial charge in [0.2, 0.25) is 0 Å².